The van der Waals surface area contributed by atoms with Crippen LogP contribution in [0.4, 0.5) is 0 Å². The van der Waals surface area contributed by atoms with E-state index < -0.39 is 9.14 Å². The summed E-state index contributed by atoms with van der Waals surface area (Å²) in [5, 5.41) is 0. The van der Waals surface area contributed by atoms with Crippen LogP contribution in [0.1, 0.15) is 34.6 Å². The quantitative estimate of drug-likeness (QED) is 0.256. The van der Waals surface area contributed by atoms with Gasteiger partial charge in [-0.25, -0.2) is 4.79 Å². The van der Waals surface area contributed by atoms with Gasteiger partial charge in [-0.1, -0.05) is 0 Å². The van der Waals surface area contributed by atoms with Gasteiger partial charge in [-0.3, -0.25) is 0 Å². The molecule has 0 saturated heterocycles. The molecule has 0 rings (SSSR count). The Kier molecular flexibility index (Phi) is 8.62. The predicted octanol–water partition coefficient (Wildman–Crippen LogP) is 5.70. The van der Waals surface area contributed by atoms with Crippen molar-refractivity contribution in [1.29, 1.82) is 0 Å². The molecule has 0 heterocycles. The van der Waals surface area contributed by atoms with Crippen LogP contribution in [0, 0.1) is 6.19 Å². The monoisotopic (exact) mass is 500 g/mol. The standard InChI is InChI=1S/C9H17N2O.6ClH.Sb/c1-7(2)10-6-11(8(3)4)9(5)12;;;;;;;/h7-8H,1-5H3;6*1H;/q+1;;;;;;;+5/p-6. The second-order valence-electron chi connectivity index (χ2n) is 4.26. The second kappa shape index (κ2) is 7.19. The summed E-state index contributed by atoms with van der Waals surface area (Å²) in [4.78, 5) is 16.5. The van der Waals surface area contributed by atoms with Crippen LogP contribution in [0.2, 0.25) is 0 Å². The van der Waals surface area contributed by atoms with Gasteiger partial charge in [-0.05, 0) is 27.7 Å². The Morgan fingerprint density at radius 3 is 1.53 bits per heavy atom. The van der Waals surface area contributed by atoms with Gasteiger partial charge < -0.3 is 0 Å². The van der Waals surface area contributed by atoms with E-state index >= 15 is 0 Å². The van der Waals surface area contributed by atoms with E-state index in [1.54, 1.807) is 0 Å². The van der Waals surface area contributed by atoms with Crippen LogP contribution in [0.15, 0.2) is 0 Å². The summed E-state index contributed by atoms with van der Waals surface area (Å²) in [5.74, 6) is -0.0191. The molecule has 0 aliphatic carbocycles. The zero-order chi connectivity index (χ0) is 16.1. The molecule has 1 amide bonds. The molecule has 0 aromatic heterocycles. The fourth-order valence-corrected chi connectivity index (χ4v) is 0.727. The molecule has 0 unspecified atom stereocenters. The summed E-state index contributed by atoms with van der Waals surface area (Å²) < 4.78 is 0. The van der Waals surface area contributed by atoms with Crippen LogP contribution in [0.5, 0.6) is 0 Å². The third-order valence-electron chi connectivity index (χ3n) is 1.28. The zero-order valence-corrected chi connectivity index (χ0v) is 18.3. The molecular formula is C9H17Cl6N2OSb. The number of carbonyl (C=O) groups excluding carboxylic acids is 1. The van der Waals surface area contributed by atoms with E-state index in [4.69, 9.17) is 53.0 Å². The molecular weight excluding hydrogens is 487 g/mol. The minimum absolute atomic E-state index is 0.0191. The van der Waals surface area contributed by atoms with E-state index in [2.05, 4.69) is 11.0 Å². The Labute approximate surface area is 134 Å². The number of hydrogen-bond acceptors (Lipinski definition) is 1. The number of amides is 1. The molecule has 3 nitrogen and oxygen atoms in total. The van der Waals surface area contributed by atoms with Crippen LogP contribution >= 0.6 is 53.0 Å². The SMILES string of the molecule is CC(=O)N(C#[N+]C(C)C)C(C)C.[Cl][Sb-]([Cl])([Cl])([Cl])([Cl])[Cl]. The average Bonchev–Trinajstić information content (AvgIpc) is 1.95. The Morgan fingerprint density at radius 1 is 1.05 bits per heavy atom. The molecule has 0 saturated carbocycles. The number of halogens is 6. The van der Waals surface area contributed by atoms with Crippen LogP contribution < -0.4 is 0 Å². The summed E-state index contributed by atoms with van der Waals surface area (Å²) in [7, 11) is 25.0. The maximum absolute atomic E-state index is 11.0. The van der Waals surface area contributed by atoms with Crippen molar-refractivity contribution < 1.29 is 4.79 Å². The van der Waals surface area contributed by atoms with Crippen LogP contribution in [-0.2, 0) is 4.79 Å². The molecule has 0 aliphatic heterocycles. The first kappa shape index (κ1) is 22.8. The summed E-state index contributed by atoms with van der Waals surface area (Å²) in [5.41, 5.74) is 0. The van der Waals surface area contributed by atoms with E-state index in [0.717, 1.165) is 0 Å². The van der Waals surface area contributed by atoms with Crippen LogP contribution in [0.3, 0.4) is 0 Å². The fourth-order valence-electron chi connectivity index (χ4n) is 0.727. The molecule has 0 atom stereocenters. The molecule has 0 fully saturated rings. The first-order valence-electron chi connectivity index (χ1n) is 5.21. The number of rotatable bonds is 1. The van der Waals surface area contributed by atoms with Gasteiger partial charge in [0.2, 0.25) is 0 Å². The molecule has 0 radical (unpaired) electrons. The normalized spacial score (nSPS) is 14.6. The van der Waals surface area contributed by atoms with Crippen LogP contribution in [0.25, 0.3) is 4.85 Å². The van der Waals surface area contributed by atoms with Crippen molar-refractivity contribution in [1.82, 2.24) is 4.90 Å². The second-order valence-corrected chi connectivity index (χ2v) is 61.2. The molecule has 0 bridgehead atoms. The number of carbonyl (C=O) groups is 1. The van der Waals surface area contributed by atoms with Gasteiger partial charge in [0.1, 0.15) is 6.04 Å². The van der Waals surface area contributed by atoms with Crippen molar-refractivity contribution >= 4 is 68.0 Å². The van der Waals surface area contributed by atoms with Gasteiger partial charge in [-0.15, -0.1) is 4.90 Å². The van der Waals surface area contributed by atoms with E-state index in [9.17, 15) is 4.79 Å². The molecule has 0 aromatic carbocycles. The van der Waals surface area contributed by atoms with Gasteiger partial charge in [0, 0.05) is 6.92 Å². The summed E-state index contributed by atoms with van der Waals surface area (Å²) in [6, 6.07) is 0.315. The third kappa shape index (κ3) is 28.4. The van der Waals surface area contributed by atoms with E-state index in [0.29, 0.717) is 0 Å². The Morgan fingerprint density at radius 2 is 1.37 bits per heavy atom. The van der Waals surface area contributed by atoms with E-state index in [1.165, 1.54) is 11.8 Å². The molecule has 10 heteroatoms. The fraction of sp³-hybridized carbons (Fsp3) is 0.778. The molecule has 0 aliphatic rings. The summed E-state index contributed by atoms with van der Waals surface area (Å²) in [6.45, 7) is 9.29. The van der Waals surface area contributed by atoms with E-state index in [1.807, 2.05) is 27.7 Å². The first-order chi connectivity index (χ1) is 7.90. The molecule has 0 aromatic rings. The van der Waals surface area contributed by atoms with Crippen molar-refractivity contribution in [2.24, 2.45) is 0 Å². The average molecular weight is 504 g/mol. The van der Waals surface area contributed by atoms with Crippen molar-refractivity contribution in [3.8, 4) is 6.19 Å². The van der Waals surface area contributed by atoms with Gasteiger partial charge in [0.15, 0.2) is 6.04 Å². The predicted molar refractivity (Wildman–Crippen MR) is 90.9 cm³/mol. The Hall–Kier alpha value is 1.52. The van der Waals surface area contributed by atoms with Crippen molar-refractivity contribution in [2.75, 3.05) is 0 Å². The van der Waals surface area contributed by atoms with Crippen molar-refractivity contribution in [2.45, 2.75) is 46.7 Å². The molecule has 0 N–H and O–H groups in total. The third-order valence-corrected chi connectivity index (χ3v) is 1.28. The Bertz CT molecular complexity index is 366. The van der Waals surface area contributed by atoms with Gasteiger partial charge in [-0.2, -0.15) is 4.85 Å². The summed E-state index contributed by atoms with van der Waals surface area (Å²) in [6.07, 6.45) is 2.73. The number of nitrogens with zero attached hydrogens (tertiary/aromatic N) is 2. The van der Waals surface area contributed by atoms with Crippen molar-refractivity contribution in [3.05, 3.63) is 4.85 Å². The topological polar surface area (TPSA) is 24.7 Å². The van der Waals surface area contributed by atoms with Gasteiger partial charge >= 0.3 is 74.2 Å². The van der Waals surface area contributed by atoms with E-state index in [-0.39, 0.29) is 18.0 Å². The first-order valence-corrected chi connectivity index (χ1v) is 24.6. The number of hydrogen-bond donors (Lipinski definition) is 0. The van der Waals surface area contributed by atoms with Gasteiger partial charge in [0.25, 0.3) is 0 Å². The minimum atomic E-state index is -5.42. The van der Waals surface area contributed by atoms with Gasteiger partial charge in [0.05, 0.1) is 0 Å². The van der Waals surface area contributed by atoms with Crippen molar-refractivity contribution in [3.63, 3.8) is 0 Å². The maximum atomic E-state index is 11.0. The van der Waals surface area contributed by atoms with Crippen LogP contribution in [-0.4, -0.2) is 32.0 Å². The molecule has 19 heavy (non-hydrogen) atoms. The molecule has 116 valence electrons. The molecule has 0 spiro atoms. The Balaban J connectivity index is 0. The summed E-state index contributed by atoms with van der Waals surface area (Å²) >= 11 is 0. The zero-order valence-electron chi connectivity index (χ0n) is 11.2.